The normalized spacial score (nSPS) is 10.1. The number of aromatic nitrogens is 1. The molecule has 5 nitrogen and oxygen atoms in total. The molecule has 3 N–H and O–H groups in total. The number of carbonyl (C=O) groups is 1. The number of amides is 1. The number of hydrogen-bond donors (Lipinski definition) is 2. The SMILES string of the molecule is CCN(CC(=O)NC)c1nccc(CN)c1Cl. The van der Waals surface area contributed by atoms with E-state index >= 15 is 0 Å². The molecular formula is C11H17ClN4O. The van der Waals surface area contributed by atoms with E-state index < -0.39 is 0 Å². The molecule has 0 aromatic carbocycles. The van der Waals surface area contributed by atoms with Gasteiger partial charge in [0.2, 0.25) is 5.91 Å². The first-order chi connectivity index (χ1) is 8.13. The molecule has 0 spiro atoms. The second kappa shape index (κ2) is 6.42. The maximum absolute atomic E-state index is 11.4. The van der Waals surface area contributed by atoms with Crippen molar-refractivity contribution in [2.24, 2.45) is 5.73 Å². The molecule has 1 aromatic rings. The third kappa shape index (κ3) is 3.31. The molecule has 1 heterocycles. The molecule has 0 fully saturated rings. The summed E-state index contributed by atoms with van der Waals surface area (Å²) < 4.78 is 0. The quantitative estimate of drug-likeness (QED) is 0.816. The fraction of sp³-hybridized carbons (Fsp3) is 0.455. The molecular weight excluding hydrogens is 240 g/mol. The zero-order valence-corrected chi connectivity index (χ0v) is 10.8. The van der Waals surface area contributed by atoms with Crippen molar-refractivity contribution in [1.82, 2.24) is 10.3 Å². The summed E-state index contributed by atoms with van der Waals surface area (Å²) in [5, 5.41) is 3.09. The average Bonchev–Trinajstić information content (AvgIpc) is 2.36. The minimum absolute atomic E-state index is 0.0807. The Balaban J connectivity index is 2.99. The standard InChI is InChI=1S/C11H17ClN4O/c1-3-16(7-9(17)14-2)11-10(12)8(6-13)4-5-15-11/h4-5H,3,6-7,13H2,1-2H3,(H,14,17). The minimum atomic E-state index is -0.0807. The second-order valence-electron chi connectivity index (χ2n) is 3.50. The average molecular weight is 257 g/mol. The summed E-state index contributed by atoms with van der Waals surface area (Å²) in [6, 6.07) is 1.78. The number of nitrogens with zero attached hydrogens (tertiary/aromatic N) is 2. The smallest absolute Gasteiger partial charge is 0.239 e. The molecule has 94 valence electrons. The monoisotopic (exact) mass is 256 g/mol. The van der Waals surface area contributed by atoms with E-state index in [1.165, 1.54) is 0 Å². The van der Waals surface area contributed by atoms with Crippen LogP contribution in [0.2, 0.25) is 5.02 Å². The largest absolute Gasteiger partial charge is 0.358 e. The van der Waals surface area contributed by atoms with Crippen LogP contribution < -0.4 is 16.0 Å². The van der Waals surface area contributed by atoms with Gasteiger partial charge in [0.1, 0.15) is 5.82 Å². The topological polar surface area (TPSA) is 71.2 Å². The predicted octanol–water partition coefficient (Wildman–Crippen LogP) is 0.766. The van der Waals surface area contributed by atoms with Crippen LogP contribution in [0, 0.1) is 0 Å². The van der Waals surface area contributed by atoms with Gasteiger partial charge >= 0.3 is 0 Å². The second-order valence-corrected chi connectivity index (χ2v) is 3.88. The summed E-state index contributed by atoms with van der Waals surface area (Å²) in [6.45, 7) is 3.17. The van der Waals surface area contributed by atoms with Crippen molar-refractivity contribution in [3.8, 4) is 0 Å². The molecule has 1 rings (SSSR count). The Morgan fingerprint density at radius 1 is 1.65 bits per heavy atom. The summed E-state index contributed by atoms with van der Waals surface area (Å²) in [4.78, 5) is 17.4. The highest BCUT2D eigenvalue weighted by molar-refractivity contribution is 6.33. The fourth-order valence-corrected chi connectivity index (χ4v) is 1.75. The molecule has 0 radical (unpaired) electrons. The molecule has 0 bridgehead atoms. The van der Waals surface area contributed by atoms with Crippen molar-refractivity contribution >= 4 is 23.3 Å². The van der Waals surface area contributed by atoms with Gasteiger partial charge in [-0.3, -0.25) is 4.79 Å². The number of nitrogens with one attached hydrogen (secondary N) is 1. The molecule has 17 heavy (non-hydrogen) atoms. The van der Waals surface area contributed by atoms with Crippen LogP contribution in [0.25, 0.3) is 0 Å². The zero-order valence-electron chi connectivity index (χ0n) is 10.0. The number of likely N-dealkylation sites (N-methyl/N-ethyl adjacent to an activating group) is 2. The van der Waals surface area contributed by atoms with Crippen LogP contribution in [0.5, 0.6) is 0 Å². The molecule has 0 saturated carbocycles. The number of anilines is 1. The van der Waals surface area contributed by atoms with Crippen LogP contribution in [-0.4, -0.2) is 31.0 Å². The molecule has 0 saturated heterocycles. The number of hydrogen-bond acceptors (Lipinski definition) is 4. The van der Waals surface area contributed by atoms with Crippen molar-refractivity contribution in [2.45, 2.75) is 13.5 Å². The summed E-state index contributed by atoms with van der Waals surface area (Å²) >= 11 is 6.19. The Morgan fingerprint density at radius 2 is 2.35 bits per heavy atom. The molecule has 1 amide bonds. The van der Waals surface area contributed by atoms with E-state index in [1.807, 2.05) is 6.92 Å². The van der Waals surface area contributed by atoms with Crippen molar-refractivity contribution in [1.29, 1.82) is 0 Å². The lowest BCUT2D eigenvalue weighted by atomic mass is 10.2. The van der Waals surface area contributed by atoms with Gasteiger partial charge in [0.15, 0.2) is 0 Å². The molecule has 6 heteroatoms. The first-order valence-electron chi connectivity index (χ1n) is 5.43. The van der Waals surface area contributed by atoms with Crippen LogP contribution >= 0.6 is 11.6 Å². The number of halogens is 1. The Kier molecular flexibility index (Phi) is 5.18. The number of pyridine rings is 1. The third-order valence-corrected chi connectivity index (χ3v) is 2.88. The van der Waals surface area contributed by atoms with Gasteiger partial charge in [-0.05, 0) is 18.6 Å². The van der Waals surface area contributed by atoms with Gasteiger partial charge in [0.25, 0.3) is 0 Å². The molecule has 1 aromatic heterocycles. The van der Waals surface area contributed by atoms with Gasteiger partial charge in [-0.25, -0.2) is 4.98 Å². The number of nitrogens with two attached hydrogens (primary N) is 1. The van der Waals surface area contributed by atoms with Gasteiger partial charge in [-0.15, -0.1) is 0 Å². The van der Waals surface area contributed by atoms with Crippen LogP contribution in [0.1, 0.15) is 12.5 Å². The summed E-state index contributed by atoms with van der Waals surface area (Å²) in [6.07, 6.45) is 1.65. The van der Waals surface area contributed by atoms with E-state index in [0.717, 1.165) is 5.56 Å². The Morgan fingerprint density at radius 3 is 2.88 bits per heavy atom. The highest BCUT2D eigenvalue weighted by Crippen LogP contribution is 2.26. The first kappa shape index (κ1) is 13.7. The Bertz CT molecular complexity index is 397. The minimum Gasteiger partial charge on any atom is -0.358 e. The lowest BCUT2D eigenvalue weighted by Crippen LogP contribution is -2.36. The van der Waals surface area contributed by atoms with Crippen molar-refractivity contribution < 1.29 is 4.79 Å². The number of carbonyl (C=O) groups excluding carboxylic acids is 1. The van der Waals surface area contributed by atoms with Gasteiger partial charge in [-0.2, -0.15) is 0 Å². The third-order valence-electron chi connectivity index (χ3n) is 2.47. The maximum atomic E-state index is 11.4. The summed E-state index contributed by atoms with van der Waals surface area (Å²) in [5.41, 5.74) is 6.40. The molecule has 0 unspecified atom stereocenters. The summed E-state index contributed by atoms with van der Waals surface area (Å²) in [7, 11) is 1.60. The van der Waals surface area contributed by atoms with Gasteiger partial charge in [0, 0.05) is 26.3 Å². The first-order valence-corrected chi connectivity index (χ1v) is 5.80. The zero-order chi connectivity index (χ0) is 12.8. The molecule has 0 aliphatic rings. The van der Waals surface area contributed by atoms with E-state index in [2.05, 4.69) is 10.3 Å². The molecule has 0 aliphatic heterocycles. The summed E-state index contributed by atoms with van der Waals surface area (Å²) in [5.74, 6) is 0.517. The van der Waals surface area contributed by atoms with E-state index in [0.29, 0.717) is 23.9 Å². The number of rotatable bonds is 5. The van der Waals surface area contributed by atoms with E-state index in [-0.39, 0.29) is 12.5 Å². The predicted molar refractivity (Wildman–Crippen MR) is 69.1 cm³/mol. The Hall–Kier alpha value is -1.33. The van der Waals surface area contributed by atoms with Crippen LogP contribution in [0.4, 0.5) is 5.82 Å². The van der Waals surface area contributed by atoms with E-state index in [9.17, 15) is 4.79 Å². The lowest BCUT2D eigenvalue weighted by Gasteiger charge is -2.22. The van der Waals surface area contributed by atoms with Crippen molar-refractivity contribution in [3.05, 3.63) is 22.8 Å². The highest BCUT2D eigenvalue weighted by Gasteiger charge is 2.15. The highest BCUT2D eigenvalue weighted by atomic mass is 35.5. The maximum Gasteiger partial charge on any atom is 0.239 e. The van der Waals surface area contributed by atoms with Gasteiger partial charge in [0.05, 0.1) is 11.6 Å². The molecule has 0 aliphatic carbocycles. The van der Waals surface area contributed by atoms with Crippen LogP contribution in [0.15, 0.2) is 12.3 Å². The van der Waals surface area contributed by atoms with Crippen LogP contribution in [-0.2, 0) is 11.3 Å². The van der Waals surface area contributed by atoms with Gasteiger partial charge in [-0.1, -0.05) is 11.6 Å². The van der Waals surface area contributed by atoms with Gasteiger partial charge < -0.3 is 16.0 Å². The van der Waals surface area contributed by atoms with E-state index in [1.54, 1.807) is 24.2 Å². The van der Waals surface area contributed by atoms with Crippen molar-refractivity contribution in [2.75, 3.05) is 25.0 Å². The Labute approximate surface area is 106 Å². The molecule has 0 atom stereocenters. The fourth-order valence-electron chi connectivity index (χ4n) is 1.44. The van der Waals surface area contributed by atoms with Crippen molar-refractivity contribution in [3.63, 3.8) is 0 Å². The lowest BCUT2D eigenvalue weighted by molar-refractivity contribution is -0.119. The van der Waals surface area contributed by atoms with E-state index in [4.69, 9.17) is 17.3 Å². The van der Waals surface area contributed by atoms with Crippen LogP contribution in [0.3, 0.4) is 0 Å².